The molecule has 0 spiro atoms. The van der Waals surface area contributed by atoms with Gasteiger partial charge in [-0.25, -0.2) is 0 Å². The Morgan fingerprint density at radius 1 is 0.221 bits per heavy atom. The van der Waals surface area contributed by atoms with Crippen molar-refractivity contribution in [3.05, 3.63) is 231 Å². The number of furan rings is 2. The number of hydrogen-bond acceptors (Lipinski definition) is 2. The Morgan fingerprint density at radius 3 is 1.16 bits per heavy atom. The SMILES string of the molecule is c1ccc2cc(-c3c4ccccc4c(-c4ccc(-c5c6ccccc6c(-c6cc7ccc8oc9ccccc9c8c7c7c6oc6ccccc67)c6ccccc56)cc4)c4ccccc34)ccc2c1. The molecule has 2 heteroatoms. The average Bonchev–Trinajstić information content (AvgIpc) is 3.99. The predicted octanol–water partition coefficient (Wildman–Crippen LogP) is 19.1. The van der Waals surface area contributed by atoms with Gasteiger partial charge in [-0.05, 0) is 123 Å². The van der Waals surface area contributed by atoms with Crippen molar-refractivity contribution in [3.63, 3.8) is 0 Å². The first-order valence-electron chi connectivity index (χ1n) is 23.4. The van der Waals surface area contributed by atoms with E-state index >= 15 is 0 Å². The maximum atomic E-state index is 7.03. The average molecular weight is 863 g/mol. The van der Waals surface area contributed by atoms with Crippen LogP contribution in [0.4, 0.5) is 0 Å². The quantitative estimate of drug-likeness (QED) is 0.165. The van der Waals surface area contributed by atoms with Gasteiger partial charge in [0.1, 0.15) is 22.3 Å². The zero-order chi connectivity index (χ0) is 44.5. The number of rotatable bonds is 4. The molecule has 0 amide bonds. The van der Waals surface area contributed by atoms with Gasteiger partial charge in [-0.2, -0.15) is 0 Å². The first-order chi connectivity index (χ1) is 33.7. The maximum Gasteiger partial charge on any atom is 0.143 e. The van der Waals surface area contributed by atoms with Gasteiger partial charge >= 0.3 is 0 Å². The predicted molar refractivity (Wildman–Crippen MR) is 288 cm³/mol. The van der Waals surface area contributed by atoms with Gasteiger partial charge in [0.25, 0.3) is 0 Å². The van der Waals surface area contributed by atoms with Crippen molar-refractivity contribution in [1.29, 1.82) is 0 Å². The van der Waals surface area contributed by atoms with Gasteiger partial charge in [-0.3, -0.25) is 0 Å². The van der Waals surface area contributed by atoms with Crippen LogP contribution in [-0.2, 0) is 0 Å². The van der Waals surface area contributed by atoms with E-state index in [9.17, 15) is 0 Å². The normalized spacial score (nSPS) is 12.1. The Labute approximate surface area is 390 Å². The van der Waals surface area contributed by atoms with Crippen LogP contribution < -0.4 is 0 Å². The number of benzene rings is 13. The van der Waals surface area contributed by atoms with Crippen LogP contribution >= 0.6 is 0 Å². The second-order valence-electron chi connectivity index (χ2n) is 18.2. The number of fused-ring (bicyclic) bond motifs is 14. The van der Waals surface area contributed by atoms with Gasteiger partial charge in [0.05, 0.1) is 0 Å². The van der Waals surface area contributed by atoms with Crippen LogP contribution in [0.15, 0.2) is 239 Å². The molecular formula is C66H38O2. The highest BCUT2D eigenvalue weighted by Gasteiger charge is 2.25. The van der Waals surface area contributed by atoms with Gasteiger partial charge < -0.3 is 8.83 Å². The summed E-state index contributed by atoms with van der Waals surface area (Å²) in [7, 11) is 0. The largest absolute Gasteiger partial charge is 0.456 e. The fourth-order valence-corrected chi connectivity index (χ4v) is 11.7. The Kier molecular flexibility index (Phi) is 7.81. The lowest BCUT2D eigenvalue weighted by Gasteiger charge is -2.20. The van der Waals surface area contributed by atoms with Crippen molar-refractivity contribution in [2.24, 2.45) is 0 Å². The van der Waals surface area contributed by atoms with E-state index < -0.39 is 0 Å². The summed E-state index contributed by atoms with van der Waals surface area (Å²) in [5.41, 5.74) is 13.1. The molecule has 0 radical (unpaired) electrons. The van der Waals surface area contributed by atoms with Crippen LogP contribution in [0.3, 0.4) is 0 Å². The zero-order valence-electron chi connectivity index (χ0n) is 36.8. The van der Waals surface area contributed by atoms with E-state index in [1.165, 1.54) is 92.8 Å². The second kappa shape index (κ2) is 14.3. The highest BCUT2D eigenvalue weighted by molar-refractivity contribution is 6.34. The molecule has 68 heavy (non-hydrogen) atoms. The minimum Gasteiger partial charge on any atom is -0.456 e. The van der Waals surface area contributed by atoms with Crippen LogP contribution in [0.2, 0.25) is 0 Å². The molecule has 0 atom stereocenters. The van der Waals surface area contributed by atoms with E-state index in [0.29, 0.717) is 0 Å². The molecule has 13 aromatic carbocycles. The molecule has 0 aliphatic heterocycles. The summed E-state index contributed by atoms with van der Waals surface area (Å²) in [5.74, 6) is 0. The highest BCUT2D eigenvalue weighted by Crippen LogP contribution is 2.51. The van der Waals surface area contributed by atoms with Crippen molar-refractivity contribution in [2.45, 2.75) is 0 Å². The van der Waals surface area contributed by atoms with E-state index in [2.05, 4.69) is 224 Å². The molecule has 2 aromatic heterocycles. The topological polar surface area (TPSA) is 26.3 Å². The first kappa shape index (κ1) is 37.3. The summed E-state index contributed by atoms with van der Waals surface area (Å²) >= 11 is 0. The molecule has 15 aromatic rings. The van der Waals surface area contributed by atoms with E-state index in [-0.39, 0.29) is 0 Å². The summed E-state index contributed by atoms with van der Waals surface area (Å²) in [6, 6.07) is 84.0. The molecule has 0 saturated carbocycles. The van der Waals surface area contributed by atoms with Gasteiger partial charge in [0, 0.05) is 38.1 Å². The highest BCUT2D eigenvalue weighted by atomic mass is 16.3. The fourth-order valence-electron chi connectivity index (χ4n) is 11.7. The maximum absolute atomic E-state index is 7.03. The van der Waals surface area contributed by atoms with Crippen LogP contribution in [0.5, 0.6) is 0 Å². The van der Waals surface area contributed by atoms with Crippen molar-refractivity contribution in [3.8, 4) is 44.5 Å². The first-order valence-corrected chi connectivity index (χ1v) is 23.4. The van der Waals surface area contributed by atoms with Crippen molar-refractivity contribution in [1.82, 2.24) is 0 Å². The zero-order valence-corrected chi connectivity index (χ0v) is 36.8. The van der Waals surface area contributed by atoms with Gasteiger partial charge in [-0.15, -0.1) is 0 Å². The van der Waals surface area contributed by atoms with Gasteiger partial charge in [0.15, 0.2) is 0 Å². The standard InChI is InChI=1S/C66H38O2/c1-2-16-42-37-43(34-29-39(42)15-1)61-47-19-5-3-17-45(47)59(46-18-4-6-20-48(46)61)40-30-32-41(33-31-40)60-49-21-7-9-23-51(49)63(52-24-10-8-22-50(52)60)55-38-44-35-36-58-64(53-25-11-13-27-56(53)67-58)62(44)65-54-26-12-14-28-57(54)68-66(55)65/h1-38H. The molecule has 0 unspecified atom stereocenters. The van der Waals surface area contributed by atoms with Crippen LogP contribution in [0, 0.1) is 0 Å². The Hall–Kier alpha value is -8.98. The van der Waals surface area contributed by atoms with Crippen LogP contribution in [0.25, 0.3) is 153 Å². The van der Waals surface area contributed by atoms with Crippen molar-refractivity contribution >= 4 is 109 Å². The minimum atomic E-state index is 0.871. The van der Waals surface area contributed by atoms with Gasteiger partial charge in [-0.1, -0.05) is 200 Å². The molecule has 0 aliphatic rings. The summed E-state index contributed by atoms with van der Waals surface area (Å²) in [5, 5.41) is 19.0. The molecule has 15 rings (SSSR count). The van der Waals surface area contributed by atoms with E-state index in [0.717, 1.165) is 60.2 Å². The Morgan fingerprint density at radius 2 is 0.618 bits per heavy atom. The number of hydrogen-bond donors (Lipinski definition) is 0. The molecule has 0 aliphatic carbocycles. The molecular weight excluding hydrogens is 825 g/mol. The van der Waals surface area contributed by atoms with Crippen LogP contribution in [-0.4, -0.2) is 0 Å². The fraction of sp³-hybridized carbons (Fsp3) is 0. The molecule has 0 N–H and O–H groups in total. The molecule has 0 fully saturated rings. The number of para-hydroxylation sites is 2. The molecule has 0 saturated heterocycles. The van der Waals surface area contributed by atoms with E-state index in [4.69, 9.17) is 8.83 Å². The summed E-state index contributed by atoms with van der Waals surface area (Å²) in [6.45, 7) is 0. The van der Waals surface area contributed by atoms with Crippen LogP contribution in [0.1, 0.15) is 0 Å². The smallest absolute Gasteiger partial charge is 0.143 e. The summed E-state index contributed by atoms with van der Waals surface area (Å²) in [4.78, 5) is 0. The lowest BCUT2D eigenvalue weighted by Crippen LogP contribution is -1.93. The van der Waals surface area contributed by atoms with Crippen molar-refractivity contribution < 1.29 is 8.83 Å². The molecule has 2 nitrogen and oxygen atoms in total. The second-order valence-corrected chi connectivity index (χ2v) is 18.2. The van der Waals surface area contributed by atoms with Crippen molar-refractivity contribution in [2.75, 3.05) is 0 Å². The third kappa shape index (κ3) is 5.28. The molecule has 2 heterocycles. The Balaban J connectivity index is 0.954. The monoisotopic (exact) mass is 862 g/mol. The van der Waals surface area contributed by atoms with E-state index in [1.807, 2.05) is 6.07 Å². The molecule has 314 valence electrons. The third-order valence-corrected chi connectivity index (χ3v) is 14.6. The summed E-state index contributed by atoms with van der Waals surface area (Å²) in [6.07, 6.45) is 0. The van der Waals surface area contributed by atoms with Gasteiger partial charge in [0.2, 0.25) is 0 Å². The molecule has 0 bridgehead atoms. The minimum absolute atomic E-state index is 0.871. The third-order valence-electron chi connectivity index (χ3n) is 14.6. The summed E-state index contributed by atoms with van der Waals surface area (Å²) < 4.78 is 13.5. The lowest BCUT2D eigenvalue weighted by molar-refractivity contribution is 0.669. The van der Waals surface area contributed by atoms with E-state index in [1.54, 1.807) is 0 Å². The Bertz CT molecular complexity index is 4490. The lowest BCUT2D eigenvalue weighted by atomic mass is 9.83.